The number of ketones is 1. The number of hydrogen-bond acceptors (Lipinski definition) is 5. The van der Waals surface area contributed by atoms with Crippen molar-refractivity contribution in [2.75, 3.05) is 6.61 Å². The maximum absolute atomic E-state index is 11.9. The summed E-state index contributed by atoms with van der Waals surface area (Å²) < 4.78 is 10.2. The smallest absolute Gasteiger partial charge is 0.360 e. The molecular weight excluding hydrogens is 270 g/mol. The molecule has 0 amide bonds. The van der Waals surface area contributed by atoms with Gasteiger partial charge in [-0.2, -0.15) is 0 Å². The zero-order valence-corrected chi connectivity index (χ0v) is 11.7. The van der Waals surface area contributed by atoms with Crippen LogP contribution in [-0.4, -0.2) is 23.3 Å². The van der Waals surface area contributed by atoms with Gasteiger partial charge in [0, 0.05) is 17.5 Å². The molecule has 2 aromatic rings. The van der Waals surface area contributed by atoms with Crippen molar-refractivity contribution in [3.63, 3.8) is 0 Å². The molecule has 0 fully saturated rings. The molecule has 0 radical (unpaired) electrons. The molecule has 1 aliphatic carbocycles. The SMILES string of the molecule is CCOC(=O)c1coc(-c2ccc3c(c2)C(=O)CCC3)n1. The average molecular weight is 285 g/mol. The molecule has 0 aliphatic heterocycles. The van der Waals surface area contributed by atoms with Gasteiger partial charge in [-0.15, -0.1) is 0 Å². The largest absolute Gasteiger partial charge is 0.461 e. The Hall–Kier alpha value is -2.43. The summed E-state index contributed by atoms with van der Waals surface area (Å²) >= 11 is 0. The second kappa shape index (κ2) is 5.52. The Morgan fingerprint density at radius 1 is 1.38 bits per heavy atom. The van der Waals surface area contributed by atoms with E-state index in [1.165, 1.54) is 6.26 Å². The van der Waals surface area contributed by atoms with Crippen LogP contribution in [0.1, 0.15) is 46.2 Å². The summed E-state index contributed by atoms with van der Waals surface area (Å²) in [6, 6.07) is 5.58. The third-order valence-electron chi connectivity index (χ3n) is 3.50. The first kappa shape index (κ1) is 13.5. The summed E-state index contributed by atoms with van der Waals surface area (Å²) in [7, 11) is 0. The maximum Gasteiger partial charge on any atom is 0.360 e. The molecule has 1 aromatic carbocycles. The van der Waals surface area contributed by atoms with E-state index in [0.29, 0.717) is 17.9 Å². The van der Waals surface area contributed by atoms with E-state index < -0.39 is 5.97 Å². The van der Waals surface area contributed by atoms with E-state index in [-0.39, 0.29) is 18.1 Å². The van der Waals surface area contributed by atoms with Crippen molar-refractivity contribution in [1.82, 2.24) is 4.98 Å². The first-order chi connectivity index (χ1) is 10.2. The summed E-state index contributed by atoms with van der Waals surface area (Å²) in [5, 5.41) is 0. The summed E-state index contributed by atoms with van der Waals surface area (Å²) in [5.41, 5.74) is 2.62. The lowest BCUT2D eigenvalue weighted by Gasteiger charge is -2.14. The van der Waals surface area contributed by atoms with Crippen molar-refractivity contribution < 1.29 is 18.7 Å². The topological polar surface area (TPSA) is 69.4 Å². The highest BCUT2D eigenvalue weighted by Gasteiger charge is 2.20. The number of aromatic nitrogens is 1. The van der Waals surface area contributed by atoms with E-state index in [1.807, 2.05) is 12.1 Å². The zero-order valence-electron chi connectivity index (χ0n) is 11.7. The number of ether oxygens (including phenoxy) is 1. The number of fused-ring (bicyclic) bond motifs is 1. The molecule has 0 spiro atoms. The van der Waals surface area contributed by atoms with Gasteiger partial charge in [0.25, 0.3) is 0 Å². The molecule has 0 saturated carbocycles. The number of Topliss-reactive ketones (excluding diaryl/α,β-unsaturated/α-hetero) is 1. The van der Waals surface area contributed by atoms with E-state index >= 15 is 0 Å². The summed E-state index contributed by atoms with van der Waals surface area (Å²) in [6.45, 7) is 2.02. The average Bonchev–Trinajstić information content (AvgIpc) is 2.98. The van der Waals surface area contributed by atoms with Crippen molar-refractivity contribution in [3.8, 4) is 11.5 Å². The van der Waals surface area contributed by atoms with E-state index in [2.05, 4.69) is 4.98 Å². The minimum atomic E-state index is -0.512. The second-order valence-electron chi connectivity index (χ2n) is 4.91. The maximum atomic E-state index is 11.9. The van der Waals surface area contributed by atoms with Crippen LogP contribution in [0.2, 0.25) is 0 Å². The highest BCUT2D eigenvalue weighted by atomic mass is 16.5. The fraction of sp³-hybridized carbons (Fsp3) is 0.312. The Bertz CT molecular complexity index is 702. The number of nitrogens with zero attached hydrogens (tertiary/aromatic N) is 1. The predicted octanol–water partition coefficient (Wildman–Crippen LogP) is 3.04. The van der Waals surface area contributed by atoms with Gasteiger partial charge in [0.05, 0.1) is 6.61 Å². The number of esters is 1. The van der Waals surface area contributed by atoms with Crippen LogP contribution < -0.4 is 0 Å². The number of benzene rings is 1. The van der Waals surface area contributed by atoms with Gasteiger partial charge < -0.3 is 9.15 Å². The number of aryl methyl sites for hydroxylation is 1. The van der Waals surface area contributed by atoms with Gasteiger partial charge in [-0.3, -0.25) is 4.79 Å². The first-order valence-corrected chi connectivity index (χ1v) is 6.98. The Kier molecular flexibility index (Phi) is 3.56. The standard InChI is InChI=1S/C16H15NO4/c1-2-20-16(19)13-9-21-15(17-13)11-7-6-10-4-3-5-14(18)12(10)8-11/h6-9H,2-5H2,1H3. The minimum absolute atomic E-state index is 0.135. The van der Waals surface area contributed by atoms with Crippen LogP contribution in [-0.2, 0) is 11.2 Å². The van der Waals surface area contributed by atoms with Gasteiger partial charge in [-0.1, -0.05) is 6.07 Å². The van der Waals surface area contributed by atoms with Crippen LogP contribution in [0.4, 0.5) is 0 Å². The molecule has 21 heavy (non-hydrogen) atoms. The van der Waals surface area contributed by atoms with Gasteiger partial charge in [0.2, 0.25) is 5.89 Å². The second-order valence-corrected chi connectivity index (χ2v) is 4.91. The first-order valence-electron chi connectivity index (χ1n) is 6.98. The lowest BCUT2D eigenvalue weighted by molar-refractivity contribution is 0.0519. The number of oxazole rings is 1. The highest BCUT2D eigenvalue weighted by Crippen LogP contribution is 2.27. The van der Waals surface area contributed by atoms with Crippen molar-refractivity contribution in [2.24, 2.45) is 0 Å². The third-order valence-corrected chi connectivity index (χ3v) is 3.50. The zero-order chi connectivity index (χ0) is 14.8. The summed E-state index contributed by atoms with van der Waals surface area (Å²) in [5.74, 6) is -0.0453. The predicted molar refractivity (Wildman–Crippen MR) is 75.2 cm³/mol. The Morgan fingerprint density at radius 3 is 3.05 bits per heavy atom. The van der Waals surface area contributed by atoms with Crippen molar-refractivity contribution in [3.05, 3.63) is 41.3 Å². The molecule has 1 aromatic heterocycles. The van der Waals surface area contributed by atoms with Gasteiger partial charge >= 0.3 is 5.97 Å². The summed E-state index contributed by atoms with van der Waals surface area (Å²) in [6.07, 6.45) is 3.67. The number of hydrogen-bond donors (Lipinski definition) is 0. The Labute approximate surface area is 121 Å². The van der Waals surface area contributed by atoms with Crippen LogP contribution in [0.3, 0.4) is 0 Å². The molecule has 1 aliphatic rings. The van der Waals surface area contributed by atoms with Crippen molar-refractivity contribution in [1.29, 1.82) is 0 Å². The molecule has 3 rings (SSSR count). The van der Waals surface area contributed by atoms with E-state index in [4.69, 9.17) is 9.15 Å². The lowest BCUT2D eigenvalue weighted by Crippen LogP contribution is -2.10. The summed E-state index contributed by atoms with van der Waals surface area (Å²) in [4.78, 5) is 27.6. The molecule has 1 heterocycles. The van der Waals surface area contributed by atoms with Crippen LogP contribution in [0.25, 0.3) is 11.5 Å². The van der Waals surface area contributed by atoms with E-state index in [9.17, 15) is 9.59 Å². The molecular formula is C16H15NO4. The normalized spacial score (nSPS) is 13.9. The van der Waals surface area contributed by atoms with Gasteiger partial charge in [-0.25, -0.2) is 9.78 Å². The third kappa shape index (κ3) is 2.59. The van der Waals surface area contributed by atoms with Gasteiger partial charge in [0.1, 0.15) is 6.26 Å². The van der Waals surface area contributed by atoms with Gasteiger partial charge in [-0.05, 0) is 37.5 Å². The molecule has 108 valence electrons. The molecule has 0 N–H and O–H groups in total. The molecule has 0 bridgehead atoms. The number of carbonyl (C=O) groups excluding carboxylic acids is 2. The van der Waals surface area contributed by atoms with Crippen molar-refractivity contribution >= 4 is 11.8 Å². The van der Waals surface area contributed by atoms with Crippen LogP contribution >= 0.6 is 0 Å². The monoisotopic (exact) mass is 285 g/mol. The van der Waals surface area contributed by atoms with E-state index in [1.54, 1.807) is 13.0 Å². The van der Waals surface area contributed by atoms with Gasteiger partial charge in [0.15, 0.2) is 11.5 Å². The minimum Gasteiger partial charge on any atom is -0.461 e. The fourth-order valence-corrected chi connectivity index (χ4v) is 2.47. The number of carbonyl (C=O) groups is 2. The Morgan fingerprint density at radius 2 is 2.24 bits per heavy atom. The molecule has 0 saturated heterocycles. The van der Waals surface area contributed by atoms with Crippen molar-refractivity contribution in [2.45, 2.75) is 26.2 Å². The van der Waals surface area contributed by atoms with Crippen LogP contribution in [0.5, 0.6) is 0 Å². The number of rotatable bonds is 3. The lowest BCUT2D eigenvalue weighted by atomic mass is 9.89. The van der Waals surface area contributed by atoms with Crippen LogP contribution in [0.15, 0.2) is 28.9 Å². The van der Waals surface area contributed by atoms with E-state index in [0.717, 1.165) is 24.0 Å². The quantitative estimate of drug-likeness (QED) is 0.811. The molecule has 0 atom stereocenters. The highest BCUT2D eigenvalue weighted by molar-refractivity contribution is 5.99. The Balaban J connectivity index is 1.92. The molecule has 5 heteroatoms. The molecule has 5 nitrogen and oxygen atoms in total. The van der Waals surface area contributed by atoms with Crippen LogP contribution in [0, 0.1) is 0 Å². The fourth-order valence-electron chi connectivity index (χ4n) is 2.47. The molecule has 0 unspecified atom stereocenters.